The van der Waals surface area contributed by atoms with E-state index in [1.807, 2.05) is 6.07 Å². The van der Waals surface area contributed by atoms with Gasteiger partial charge >= 0.3 is 0 Å². The molecule has 21 heavy (non-hydrogen) atoms. The van der Waals surface area contributed by atoms with Gasteiger partial charge in [-0.3, -0.25) is 4.31 Å². The van der Waals surface area contributed by atoms with Crippen LogP contribution in [0.25, 0.3) is 0 Å². The Hall–Kier alpha value is -2.59. The molecule has 0 aliphatic rings. The van der Waals surface area contributed by atoms with E-state index >= 15 is 0 Å². The highest BCUT2D eigenvalue weighted by atomic mass is 32.2. The van der Waals surface area contributed by atoms with E-state index in [-0.39, 0.29) is 11.4 Å². The van der Waals surface area contributed by atoms with Crippen LogP contribution in [0.5, 0.6) is 0 Å². The molecule has 0 amide bonds. The molecule has 0 saturated carbocycles. The molecule has 5 nitrogen and oxygen atoms in total. The third-order valence-corrected chi connectivity index (χ3v) is 4.83. The van der Waals surface area contributed by atoms with E-state index in [0.717, 1.165) is 10.4 Å². The Balaban J connectivity index is 2.56. The zero-order chi connectivity index (χ0) is 15.6. The average Bonchev–Trinajstić information content (AvgIpc) is 2.46. The van der Waals surface area contributed by atoms with Gasteiger partial charge in [-0.05, 0) is 30.3 Å². The van der Waals surface area contributed by atoms with Crippen molar-refractivity contribution >= 4 is 21.4 Å². The van der Waals surface area contributed by atoms with E-state index < -0.39 is 20.7 Å². The smallest absolute Gasteiger partial charge is 0.269 e. The lowest BCUT2D eigenvalue weighted by molar-refractivity contribution is 0.567. The number of anilines is 2. The molecule has 2 aromatic rings. The van der Waals surface area contributed by atoms with Crippen molar-refractivity contribution in [1.29, 1.82) is 5.26 Å². The zero-order valence-electron chi connectivity index (χ0n) is 11.1. The standard InChI is InChI=1S/C14H12FN3O2S/c1-18(11-5-2-4-10(8-11)9-16)21(19,20)14-12(15)6-3-7-13(14)17/h2-8H,17H2,1H3. The first-order valence-electron chi connectivity index (χ1n) is 5.91. The molecule has 2 aromatic carbocycles. The lowest BCUT2D eigenvalue weighted by Crippen LogP contribution is -2.28. The number of rotatable bonds is 3. The predicted octanol–water partition coefficient (Wildman–Crippen LogP) is 2.10. The van der Waals surface area contributed by atoms with Crippen molar-refractivity contribution in [2.24, 2.45) is 0 Å². The zero-order valence-corrected chi connectivity index (χ0v) is 11.9. The maximum Gasteiger partial charge on any atom is 0.269 e. The van der Waals surface area contributed by atoms with Gasteiger partial charge in [0.2, 0.25) is 0 Å². The Morgan fingerprint density at radius 2 is 1.90 bits per heavy atom. The fraction of sp³-hybridized carbons (Fsp3) is 0.0714. The van der Waals surface area contributed by atoms with Crippen molar-refractivity contribution in [2.75, 3.05) is 17.1 Å². The average molecular weight is 305 g/mol. The van der Waals surface area contributed by atoms with Crippen molar-refractivity contribution in [2.45, 2.75) is 4.90 Å². The summed E-state index contributed by atoms with van der Waals surface area (Å²) in [6.45, 7) is 0. The molecule has 0 unspecified atom stereocenters. The van der Waals surface area contributed by atoms with Crippen LogP contribution in [0.4, 0.5) is 15.8 Å². The summed E-state index contributed by atoms with van der Waals surface area (Å²) >= 11 is 0. The van der Waals surface area contributed by atoms with Crippen molar-refractivity contribution < 1.29 is 12.8 Å². The molecule has 0 aliphatic carbocycles. The highest BCUT2D eigenvalue weighted by Gasteiger charge is 2.27. The van der Waals surface area contributed by atoms with E-state index in [2.05, 4.69) is 0 Å². The first kappa shape index (κ1) is 14.8. The van der Waals surface area contributed by atoms with E-state index in [4.69, 9.17) is 11.0 Å². The third kappa shape index (κ3) is 2.66. The highest BCUT2D eigenvalue weighted by molar-refractivity contribution is 7.93. The lowest BCUT2D eigenvalue weighted by atomic mass is 10.2. The third-order valence-electron chi connectivity index (χ3n) is 2.95. The Morgan fingerprint density at radius 3 is 2.52 bits per heavy atom. The van der Waals surface area contributed by atoms with Crippen LogP contribution in [-0.2, 0) is 10.0 Å². The Labute approximate surface area is 122 Å². The van der Waals surface area contributed by atoms with Gasteiger partial charge in [0.1, 0.15) is 10.7 Å². The van der Waals surface area contributed by atoms with Crippen LogP contribution in [0.3, 0.4) is 0 Å². The number of hydrogen-bond donors (Lipinski definition) is 1. The summed E-state index contributed by atoms with van der Waals surface area (Å²) in [5, 5.41) is 8.85. The van der Waals surface area contributed by atoms with Gasteiger partial charge in [0.05, 0.1) is 23.0 Å². The molecule has 0 saturated heterocycles. The summed E-state index contributed by atoms with van der Waals surface area (Å²) in [5.74, 6) is -0.918. The molecule has 7 heteroatoms. The molecule has 0 heterocycles. The van der Waals surface area contributed by atoms with E-state index in [0.29, 0.717) is 5.56 Å². The van der Waals surface area contributed by atoms with Gasteiger partial charge in [0.25, 0.3) is 10.0 Å². The van der Waals surface area contributed by atoms with Crippen LogP contribution in [-0.4, -0.2) is 15.5 Å². The number of benzene rings is 2. The van der Waals surface area contributed by atoms with Crippen LogP contribution in [0.2, 0.25) is 0 Å². The van der Waals surface area contributed by atoms with Crippen LogP contribution < -0.4 is 10.0 Å². The van der Waals surface area contributed by atoms with Crippen molar-refractivity contribution in [3.8, 4) is 6.07 Å². The normalized spacial score (nSPS) is 10.9. The summed E-state index contributed by atoms with van der Waals surface area (Å²) < 4.78 is 39.7. The summed E-state index contributed by atoms with van der Waals surface area (Å²) in [6, 6.07) is 11.6. The number of nitrogens with zero attached hydrogens (tertiary/aromatic N) is 2. The van der Waals surface area contributed by atoms with Crippen molar-refractivity contribution in [3.63, 3.8) is 0 Å². The van der Waals surface area contributed by atoms with E-state index in [9.17, 15) is 12.8 Å². The fourth-order valence-corrected chi connectivity index (χ4v) is 3.19. The monoisotopic (exact) mass is 305 g/mol. The highest BCUT2D eigenvalue weighted by Crippen LogP contribution is 2.28. The van der Waals surface area contributed by atoms with Crippen LogP contribution >= 0.6 is 0 Å². The first-order valence-corrected chi connectivity index (χ1v) is 7.35. The van der Waals surface area contributed by atoms with Gasteiger partial charge in [0.15, 0.2) is 0 Å². The maximum absolute atomic E-state index is 13.8. The van der Waals surface area contributed by atoms with Gasteiger partial charge in [-0.15, -0.1) is 0 Å². The van der Waals surface area contributed by atoms with E-state index in [1.54, 1.807) is 12.1 Å². The Morgan fingerprint density at radius 1 is 1.24 bits per heavy atom. The van der Waals surface area contributed by atoms with Gasteiger partial charge in [-0.25, -0.2) is 12.8 Å². The van der Waals surface area contributed by atoms with Crippen molar-refractivity contribution in [1.82, 2.24) is 0 Å². The van der Waals surface area contributed by atoms with Gasteiger partial charge < -0.3 is 5.73 Å². The lowest BCUT2D eigenvalue weighted by Gasteiger charge is -2.20. The number of nitrogen functional groups attached to an aromatic ring is 1. The van der Waals surface area contributed by atoms with E-state index in [1.165, 1.54) is 31.3 Å². The Kier molecular flexibility index (Phi) is 3.82. The molecule has 0 aromatic heterocycles. The minimum absolute atomic E-state index is 0.168. The summed E-state index contributed by atoms with van der Waals surface area (Å²) in [6.07, 6.45) is 0. The number of nitriles is 1. The molecular formula is C14H12FN3O2S. The van der Waals surface area contributed by atoms with Crippen LogP contribution in [0.1, 0.15) is 5.56 Å². The second-order valence-electron chi connectivity index (χ2n) is 4.29. The number of hydrogen-bond acceptors (Lipinski definition) is 4. The molecule has 2 rings (SSSR count). The second-order valence-corrected chi connectivity index (χ2v) is 6.20. The van der Waals surface area contributed by atoms with Gasteiger partial charge in [-0.2, -0.15) is 5.26 Å². The number of halogens is 1. The van der Waals surface area contributed by atoms with Crippen LogP contribution in [0, 0.1) is 17.1 Å². The summed E-state index contributed by atoms with van der Waals surface area (Å²) in [5.41, 5.74) is 5.96. The summed E-state index contributed by atoms with van der Waals surface area (Å²) in [4.78, 5) is -0.574. The predicted molar refractivity (Wildman–Crippen MR) is 77.6 cm³/mol. The molecule has 108 valence electrons. The molecule has 0 aliphatic heterocycles. The molecular weight excluding hydrogens is 293 g/mol. The minimum Gasteiger partial charge on any atom is -0.398 e. The molecule has 0 radical (unpaired) electrons. The number of sulfonamides is 1. The first-order chi connectivity index (χ1) is 9.87. The van der Waals surface area contributed by atoms with Gasteiger partial charge in [-0.1, -0.05) is 12.1 Å². The quantitative estimate of drug-likeness (QED) is 0.880. The SMILES string of the molecule is CN(c1cccc(C#N)c1)S(=O)(=O)c1c(N)cccc1F. The van der Waals surface area contributed by atoms with Crippen molar-refractivity contribution in [3.05, 3.63) is 53.8 Å². The molecule has 0 fully saturated rings. The summed E-state index contributed by atoms with van der Waals surface area (Å²) in [7, 11) is -2.88. The van der Waals surface area contributed by atoms with Crippen LogP contribution in [0.15, 0.2) is 47.4 Å². The molecule has 0 spiro atoms. The molecule has 0 bridgehead atoms. The molecule has 2 N–H and O–H groups in total. The topological polar surface area (TPSA) is 87.2 Å². The largest absolute Gasteiger partial charge is 0.398 e. The molecule has 0 atom stereocenters. The maximum atomic E-state index is 13.8. The fourth-order valence-electron chi connectivity index (χ4n) is 1.84. The Bertz CT molecular complexity index is 808. The minimum atomic E-state index is -4.15. The number of nitrogens with two attached hydrogens (primary N) is 1. The van der Waals surface area contributed by atoms with Gasteiger partial charge in [0, 0.05) is 7.05 Å². The second kappa shape index (κ2) is 5.42.